The summed E-state index contributed by atoms with van der Waals surface area (Å²) in [6.07, 6.45) is 3.65. The lowest BCUT2D eigenvalue weighted by Crippen LogP contribution is -2.27. The highest BCUT2D eigenvalue weighted by molar-refractivity contribution is 7.89. The van der Waals surface area contributed by atoms with Gasteiger partial charge in [-0.05, 0) is 60.9 Å². The Balaban J connectivity index is 1.58. The number of hydrogen-bond acceptors (Lipinski definition) is 5. The van der Waals surface area contributed by atoms with Crippen LogP contribution in [0.1, 0.15) is 17.5 Å². The zero-order valence-corrected chi connectivity index (χ0v) is 20.1. The number of β-amino-alcohol motifs (C(OH)–C–C–N with tert-alkyl or cyclic N) is 1. The number of H-pyrrole nitrogens is 1. The van der Waals surface area contributed by atoms with Crippen LogP contribution >= 0.6 is 0 Å². The van der Waals surface area contributed by atoms with Crippen LogP contribution < -0.4 is 4.90 Å². The molecule has 1 aliphatic heterocycles. The quantitative estimate of drug-likeness (QED) is 0.440. The zero-order chi connectivity index (χ0) is 23.9. The number of aromatic amines is 1. The highest BCUT2D eigenvalue weighted by Crippen LogP contribution is 2.36. The van der Waals surface area contributed by atoms with Crippen molar-refractivity contribution in [2.75, 3.05) is 25.0 Å². The molecule has 2 aromatic heterocycles. The van der Waals surface area contributed by atoms with Crippen LogP contribution in [0.3, 0.4) is 0 Å². The minimum atomic E-state index is -3.73. The van der Waals surface area contributed by atoms with E-state index in [-0.39, 0.29) is 17.5 Å². The minimum Gasteiger partial charge on any atom is -0.391 e. The fraction of sp³-hybridized carbons (Fsp3) is 0.269. The van der Waals surface area contributed by atoms with Gasteiger partial charge in [-0.3, -0.25) is 4.98 Å². The first-order chi connectivity index (χ1) is 16.3. The van der Waals surface area contributed by atoms with Crippen LogP contribution in [-0.2, 0) is 16.6 Å². The van der Waals surface area contributed by atoms with E-state index in [1.165, 1.54) is 4.31 Å². The second-order valence-electron chi connectivity index (χ2n) is 8.96. The number of benzene rings is 2. The molecule has 1 atom stereocenters. The van der Waals surface area contributed by atoms with Gasteiger partial charge < -0.3 is 15.0 Å². The fourth-order valence-electron chi connectivity index (χ4n) is 4.53. The summed E-state index contributed by atoms with van der Waals surface area (Å²) in [4.78, 5) is 9.90. The Bertz CT molecular complexity index is 1430. The summed E-state index contributed by atoms with van der Waals surface area (Å²) in [5.74, 6) is 0. The zero-order valence-electron chi connectivity index (χ0n) is 19.3. The van der Waals surface area contributed by atoms with Gasteiger partial charge in [-0.15, -0.1) is 0 Å². The molecular weight excluding hydrogens is 448 g/mol. The van der Waals surface area contributed by atoms with E-state index in [0.717, 1.165) is 45.5 Å². The molecule has 5 rings (SSSR count). The van der Waals surface area contributed by atoms with Gasteiger partial charge >= 0.3 is 0 Å². The van der Waals surface area contributed by atoms with E-state index in [1.807, 2.05) is 19.1 Å². The third-order valence-corrected chi connectivity index (χ3v) is 8.18. The van der Waals surface area contributed by atoms with Gasteiger partial charge in [0.05, 0.1) is 11.0 Å². The Morgan fingerprint density at radius 2 is 2.03 bits per heavy atom. The van der Waals surface area contributed by atoms with Gasteiger partial charge in [0.1, 0.15) is 0 Å². The first-order valence-corrected chi connectivity index (χ1v) is 12.8. The summed E-state index contributed by atoms with van der Waals surface area (Å²) in [6, 6.07) is 17.2. The Labute approximate surface area is 199 Å². The third kappa shape index (κ3) is 4.32. The minimum absolute atomic E-state index is 0.229. The van der Waals surface area contributed by atoms with Gasteiger partial charge in [0, 0.05) is 66.9 Å². The molecule has 0 saturated carbocycles. The van der Waals surface area contributed by atoms with Crippen molar-refractivity contribution in [3.8, 4) is 11.3 Å². The third-order valence-electron chi connectivity index (χ3n) is 6.38. The number of sulfonamides is 1. The van der Waals surface area contributed by atoms with Gasteiger partial charge in [0.15, 0.2) is 0 Å². The Kier molecular flexibility index (Phi) is 5.89. The molecule has 176 valence electrons. The predicted molar refractivity (Wildman–Crippen MR) is 134 cm³/mol. The maximum atomic E-state index is 13.5. The summed E-state index contributed by atoms with van der Waals surface area (Å²) in [7, 11) is -2.15. The van der Waals surface area contributed by atoms with Gasteiger partial charge in [-0.25, -0.2) is 8.42 Å². The summed E-state index contributed by atoms with van der Waals surface area (Å²) < 4.78 is 28.3. The highest BCUT2D eigenvalue weighted by atomic mass is 32.2. The Hall–Kier alpha value is -3.20. The second-order valence-corrected chi connectivity index (χ2v) is 11.0. The largest absolute Gasteiger partial charge is 0.391 e. The van der Waals surface area contributed by atoms with Crippen molar-refractivity contribution in [3.63, 3.8) is 0 Å². The van der Waals surface area contributed by atoms with Gasteiger partial charge in [0.25, 0.3) is 0 Å². The molecule has 1 aliphatic rings. The fourth-order valence-corrected chi connectivity index (χ4v) is 5.71. The average molecular weight is 477 g/mol. The number of pyridine rings is 1. The van der Waals surface area contributed by atoms with E-state index in [4.69, 9.17) is 0 Å². The van der Waals surface area contributed by atoms with Crippen molar-refractivity contribution in [2.45, 2.75) is 30.9 Å². The van der Waals surface area contributed by atoms with E-state index in [2.05, 4.69) is 39.1 Å². The number of anilines is 1. The summed E-state index contributed by atoms with van der Waals surface area (Å²) >= 11 is 0. The topological polar surface area (TPSA) is 89.5 Å². The normalized spacial score (nSPS) is 16.6. The molecule has 1 fully saturated rings. The summed E-state index contributed by atoms with van der Waals surface area (Å²) in [5.41, 5.74) is 5.54. The molecule has 0 bridgehead atoms. The number of aryl methyl sites for hydroxylation is 1. The van der Waals surface area contributed by atoms with E-state index in [9.17, 15) is 13.5 Å². The standard InChI is InChI=1S/C26H28N4O3S/c1-18-5-6-20-13-25(28-24(20)12-18)23-14-22(7-8-26(23)30-11-9-21(31)17-30)34(32,33)29(2)16-19-4-3-10-27-15-19/h3-8,10,12-15,21,28,31H,9,11,16-17H2,1-2H3/t21-/m0/s1. The van der Waals surface area contributed by atoms with Crippen molar-refractivity contribution < 1.29 is 13.5 Å². The van der Waals surface area contributed by atoms with Crippen LogP contribution in [-0.4, -0.2) is 54.0 Å². The van der Waals surface area contributed by atoms with Gasteiger partial charge in [-0.1, -0.05) is 18.2 Å². The summed E-state index contributed by atoms with van der Waals surface area (Å²) in [6.45, 7) is 3.53. The van der Waals surface area contributed by atoms with E-state index >= 15 is 0 Å². The maximum absolute atomic E-state index is 13.5. The van der Waals surface area contributed by atoms with Crippen molar-refractivity contribution in [3.05, 3.63) is 78.1 Å². The smallest absolute Gasteiger partial charge is 0.243 e. The number of nitrogens with one attached hydrogen (secondary N) is 1. The van der Waals surface area contributed by atoms with Crippen LogP contribution in [0, 0.1) is 6.92 Å². The lowest BCUT2D eigenvalue weighted by atomic mass is 10.1. The second kappa shape index (κ2) is 8.87. The average Bonchev–Trinajstić information content (AvgIpc) is 3.45. The molecule has 34 heavy (non-hydrogen) atoms. The van der Waals surface area contributed by atoms with Crippen LogP contribution in [0.15, 0.2) is 71.9 Å². The first kappa shape index (κ1) is 22.6. The van der Waals surface area contributed by atoms with E-state index < -0.39 is 10.0 Å². The number of aliphatic hydroxyl groups is 1. The van der Waals surface area contributed by atoms with Crippen molar-refractivity contribution >= 4 is 26.6 Å². The molecule has 1 saturated heterocycles. The molecular formula is C26H28N4O3S. The number of nitrogens with zero attached hydrogens (tertiary/aromatic N) is 3. The van der Waals surface area contributed by atoms with Crippen molar-refractivity contribution in [2.24, 2.45) is 0 Å². The van der Waals surface area contributed by atoms with Crippen LogP contribution in [0.2, 0.25) is 0 Å². The van der Waals surface area contributed by atoms with Gasteiger partial charge in [-0.2, -0.15) is 4.31 Å². The van der Waals surface area contributed by atoms with Gasteiger partial charge in [0.2, 0.25) is 10.0 Å². The van der Waals surface area contributed by atoms with Crippen LogP contribution in [0.25, 0.3) is 22.2 Å². The SMILES string of the molecule is Cc1ccc2cc(-c3cc(S(=O)(=O)N(C)Cc4cccnc4)ccc3N3CC[C@H](O)C3)[nH]c2c1. The van der Waals surface area contributed by atoms with Crippen LogP contribution in [0.5, 0.6) is 0 Å². The molecule has 0 aliphatic carbocycles. The molecule has 8 heteroatoms. The number of fused-ring (bicyclic) bond motifs is 1. The lowest BCUT2D eigenvalue weighted by molar-refractivity contribution is 0.198. The molecule has 0 radical (unpaired) electrons. The molecule has 0 amide bonds. The van der Waals surface area contributed by atoms with Crippen molar-refractivity contribution in [1.82, 2.24) is 14.3 Å². The number of rotatable bonds is 6. The Morgan fingerprint density at radius 1 is 1.18 bits per heavy atom. The molecule has 3 heterocycles. The van der Waals surface area contributed by atoms with E-state index in [1.54, 1.807) is 37.6 Å². The number of aromatic nitrogens is 2. The molecule has 2 N–H and O–H groups in total. The highest BCUT2D eigenvalue weighted by Gasteiger charge is 2.27. The summed E-state index contributed by atoms with van der Waals surface area (Å²) in [5, 5.41) is 11.2. The Morgan fingerprint density at radius 3 is 2.76 bits per heavy atom. The maximum Gasteiger partial charge on any atom is 0.243 e. The monoisotopic (exact) mass is 476 g/mol. The first-order valence-electron chi connectivity index (χ1n) is 11.3. The molecule has 0 spiro atoms. The van der Waals surface area contributed by atoms with E-state index in [0.29, 0.717) is 13.0 Å². The lowest BCUT2D eigenvalue weighted by Gasteiger charge is -2.23. The molecule has 2 aromatic carbocycles. The molecule has 4 aromatic rings. The molecule has 7 nitrogen and oxygen atoms in total. The molecule has 0 unspecified atom stereocenters. The van der Waals surface area contributed by atoms with Crippen molar-refractivity contribution in [1.29, 1.82) is 0 Å². The van der Waals surface area contributed by atoms with Crippen LogP contribution in [0.4, 0.5) is 5.69 Å². The number of aliphatic hydroxyl groups excluding tert-OH is 1. The number of hydrogen-bond donors (Lipinski definition) is 2. The predicted octanol–water partition coefficient (Wildman–Crippen LogP) is 3.93.